The highest BCUT2D eigenvalue weighted by Crippen LogP contribution is 2.11. The molecule has 0 aliphatic rings. The van der Waals surface area contributed by atoms with Gasteiger partial charge < -0.3 is 5.21 Å². The van der Waals surface area contributed by atoms with Crippen molar-refractivity contribution in [3.8, 4) is 12.3 Å². The maximum Gasteiger partial charge on any atom is 0.274 e. The molecule has 1 rings (SSSR count). The molecule has 13 heavy (non-hydrogen) atoms. The van der Waals surface area contributed by atoms with Crippen LogP contribution in [0.5, 0.6) is 0 Å². The molecule has 5 nitrogen and oxygen atoms in total. The first-order chi connectivity index (χ1) is 6.27. The second kappa shape index (κ2) is 3.84. The fraction of sp³-hybridized carbons (Fsp3) is 0. The molecular formula is C8H4N4O. The Kier molecular flexibility index (Phi) is 2.57. The van der Waals surface area contributed by atoms with Crippen molar-refractivity contribution in [2.75, 3.05) is 0 Å². The van der Waals surface area contributed by atoms with Crippen LogP contribution in [0.4, 0.5) is 5.69 Å². The van der Waals surface area contributed by atoms with Gasteiger partial charge >= 0.3 is 0 Å². The maximum atomic E-state index is 10.9. The first kappa shape index (κ1) is 8.69. The summed E-state index contributed by atoms with van der Waals surface area (Å²) in [6.45, 7) is 0. The molecule has 0 amide bonds. The fourth-order valence-electron chi connectivity index (χ4n) is 0.762. The Morgan fingerprint density at radius 3 is 2.31 bits per heavy atom. The van der Waals surface area contributed by atoms with E-state index < -0.39 is 0 Å². The minimum absolute atomic E-state index is 0.196. The minimum Gasteiger partial charge on any atom is -0.593 e. The molecule has 0 saturated carbocycles. The zero-order chi connectivity index (χ0) is 9.68. The highest BCUT2D eigenvalue weighted by Gasteiger charge is 2.01. The molecule has 0 aromatic heterocycles. The second-order valence-electron chi connectivity index (χ2n) is 2.13. The smallest absolute Gasteiger partial charge is 0.274 e. The number of azo groups is 1. The van der Waals surface area contributed by atoms with Gasteiger partial charge in [0.1, 0.15) is 0 Å². The molecule has 0 saturated heterocycles. The van der Waals surface area contributed by atoms with Crippen molar-refractivity contribution in [3.63, 3.8) is 0 Å². The van der Waals surface area contributed by atoms with Crippen molar-refractivity contribution in [2.24, 2.45) is 5.11 Å². The van der Waals surface area contributed by atoms with Crippen molar-refractivity contribution in [1.82, 2.24) is 0 Å². The van der Waals surface area contributed by atoms with E-state index in [1.54, 1.807) is 0 Å². The summed E-state index contributed by atoms with van der Waals surface area (Å²) in [5.74, 6) is 0. The lowest BCUT2D eigenvalue weighted by Gasteiger charge is -1.95. The van der Waals surface area contributed by atoms with E-state index in [9.17, 15) is 5.21 Å². The van der Waals surface area contributed by atoms with Crippen LogP contribution >= 0.6 is 0 Å². The molecule has 0 aliphatic carbocycles. The van der Waals surface area contributed by atoms with E-state index in [2.05, 4.69) is 5.11 Å². The van der Waals surface area contributed by atoms with Gasteiger partial charge in [0, 0.05) is 12.1 Å². The first-order valence-electron chi connectivity index (χ1n) is 3.35. The molecule has 0 bridgehead atoms. The van der Waals surface area contributed by atoms with Crippen LogP contribution in [0.2, 0.25) is 0 Å². The summed E-state index contributed by atoms with van der Waals surface area (Å²) in [4.78, 5) is 0.196. The van der Waals surface area contributed by atoms with Crippen LogP contribution in [0.3, 0.4) is 0 Å². The predicted octanol–water partition coefficient (Wildman–Crippen LogP) is 1.63. The van der Waals surface area contributed by atoms with E-state index in [1.807, 2.05) is 6.07 Å². The van der Waals surface area contributed by atoms with Crippen LogP contribution in [0.1, 0.15) is 5.56 Å². The second-order valence-corrected chi connectivity index (χ2v) is 2.13. The average molecular weight is 172 g/mol. The Balaban J connectivity index is 3.02. The van der Waals surface area contributed by atoms with Crippen molar-refractivity contribution >= 4 is 5.69 Å². The largest absolute Gasteiger partial charge is 0.593 e. The molecule has 0 radical (unpaired) electrons. The van der Waals surface area contributed by atoms with Crippen LogP contribution in [0, 0.1) is 28.0 Å². The van der Waals surface area contributed by atoms with Gasteiger partial charge in [-0.25, -0.2) is 0 Å². The number of hydrogen-bond acceptors (Lipinski definition) is 4. The van der Waals surface area contributed by atoms with E-state index in [0.717, 1.165) is 0 Å². The summed E-state index contributed by atoms with van der Waals surface area (Å²) in [6, 6.07) is 7.71. The lowest BCUT2D eigenvalue weighted by atomic mass is 10.2. The Hall–Kier alpha value is -2.40. The van der Waals surface area contributed by atoms with Crippen LogP contribution < -0.4 is 0 Å². The lowest BCUT2D eigenvalue weighted by Crippen LogP contribution is -1.89. The minimum atomic E-state index is 0.196. The zero-order valence-electron chi connectivity index (χ0n) is 6.51. The molecule has 62 valence electrons. The van der Waals surface area contributed by atoms with Crippen LogP contribution in [0.15, 0.2) is 29.4 Å². The summed E-state index contributed by atoms with van der Waals surface area (Å²) in [5.41, 5.74) is 0.676. The molecule has 1 aromatic rings. The Morgan fingerprint density at radius 2 is 1.85 bits per heavy atom. The van der Waals surface area contributed by atoms with E-state index in [4.69, 9.17) is 10.5 Å². The summed E-state index contributed by atoms with van der Waals surface area (Å²) in [6.07, 6.45) is 1.37. The molecule has 0 spiro atoms. The van der Waals surface area contributed by atoms with Gasteiger partial charge in [0.05, 0.1) is 16.7 Å². The van der Waals surface area contributed by atoms with Gasteiger partial charge in [-0.3, -0.25) is 0 Å². The van der Waals surface area contributed by atoms with Crippen molar-refractivity contribution in [2.45, 2.75) is 0 Å². The van der Waals surface area contributed by atoms with Crippen molar-refractivity contribution in [3.05, 3.63) is 35.0 Å². The first-order valence-corrected chi connectivity index (χ1v) is 3.35. The number of benzene rings is 1. The lowest BCUT2D eigenvalue weighted by molar-refractivity contribution is -0.435. The van der Waals surface area contributed by atoms with Gasteiger partial charge in [0.15, 0.2) is 0 Å². The molecular weight excluding hydrogens is 168 g/mol. The van der Waals surface area contributed by atoms with Gasteiger partial charge in [-0.05, 0) is 17.0 Å². The number of nitriles is 2. The van der Waals surface area contributed by atoms with Gasteiger partial charge in [-0.15, -0.1) is 0 Å². The highest BCUT2D eigenvalue weighted by molar-refractivity contribution is 5.38. The topological polar surface area (TPSA) is 86.0 Å². The Labute approximate surface area is 74.4 Å². The average Bonchev–Trinajstić information content (AvgIpc) is 2.18. The maximum absolute atomic E-state index is 10.9. The number of nitrogens with zero attached hydrogens (tertiary/aromatic N) is 4. The normalized spacial score (nSPS) is 10.2. The SMILES string of the molecule is N#CN=[N+]([O-])c1ccc(C#N)cc1. The summed E-state index contributed by atoms with van der Waals surface area (Å²) in [7, 11) is 0. The van der Waals surface area contributed by atoms with E-state index >= 15 is 0 Å². The third-order valence-electron chi connectivity index (χ3n) is 1.35. The van der Waals surface area contributed by atoms with E-state index in [0.29, 0.717) is 5.56 Å². The van der Waals surface area contributed by atoms with E-state index in [-0.39, 0.29) is 10.5 Å². The van der Waals surface area contributed by atoms with Crippen molar-refractivity contribution in [1.29, 1.82) is 10.5 Å². The number of hydrogen-bond donors (Lipinski definition) is 0. The van der Waals surface area contributed by atoms with Crippen molar-refractivity contribution < 1.29 is 4.86 Å². The van der Waals surface area contributed by atoms with Crippen LogP contribution in [-0.2, 0) is 0 Å². The van der Waals surface area contributed by atoms with Gasteiger partial charge in [0.2, 0.25) is 5.69 Å². The zero-order valence-corrected chi connectivity index (χ0v) is 6.51. The van der Waals surface area contributed by atoms with Crippen LogP contribution in [-0.4, -0.2) is 4.86 Å². The summed E-state index contributed by atoms with van der Waals surface area (Å²) >= 11 is 0. The molecule has 0 N–H and O–H groups in total. The van der Waals surface area contributed by atoms with Gasteiger partial charge in [-0.2, -0.15) is 10.5 Å². The Morgan fingerprint density at radius 1 is 1.23 bits per heavy atom. The molecule has 0 atom stereocenters. The quantitative estimate of drug-likeness (QED) is 0.279. The monoisotopic (exact) mass is 172 g/mol. The summed E-state index contributed by atoms with van der Waals surface area (Å²) in [5, 5.41) is 30.4. The molecule has 0 heterocycles. The molecule has 1 aromatic carbocycles. The third-order valence-corrected chi connectivity index (χ3v) is 1.35. The Bertz CT molecular complexity index is 407. The van der Waals surface area contributed by atoms with Gasteiger partial charge in [0.25, 0.3) is 6.19 Å². The fourth-order valence-corrected chi connectivity index (χ4v) is 0.762. The molecule has 5 heteroatoms. The number of rotatable bonds is 1. The predicted molar refractivity (Wildman–Crippen MR) is 42.5 cm³/mol. The van der Waals surface area contributed by atoms with Gasteiger partial charge in [-0.1, -0.05) is 0 Å². The standard InChI is InChI=1S/C8H4N4O/c9-5-7-1-3-8(4-2-7)12(13)11-6-10/h1-4H. The molecule has 0 aliphatic heterocycles. The highest BCUT2D eigenvalue weighted by atomic mass is 16.5. The third kappa shape index (κ3) is 2.01. The summed E-state index contributed by atoms with van der Waals surface area (Å²) < 4.78 is 0. The molecule has 0 unspecified atom stereocenters. The molecule has 0 fully saturated rings. The van der Waals surface area contributed by atoms with E-state index in [1.165, 1.54) is 30.5 Å². The van der Waals surface area contributed by atoms with Crippen LogP contribution in [0.25, 0.3) is 0 Å².